The largest absolute Gasteiger partial charge is 0.433 e. The van der Waals surface area contributed by atoms with Crippen molar-refractivity contribution in [2.75, 3.05) is 26.3 Å². The van der Waals surface area contributed by atoms with E-state index in [1.165, 1.54) is 18.2 Å². The summed E-state index contributed by atoms with van der Waals surface area (Å²) in [5.74, 6) is -0.0212. The molecule has 1 fully saturated rings. The minimum atomic E-state index is -4.75. The van der Waals surface area contributed by atoms with Gasteiger partial charge in [-0.05, 0) is 17.7 Å². The lowest BCUT2D eigenvalue weighted by atomic mass is 10.0. The molecule has 146 valence electrons. The van der Waals surface area contributed by atoms with Gasteiger partial charge < -0.3 is 9.72 Å². The van der Waals surface area contributed by atoms with Crippen molar-refractivity contribution in [3.63, 3.8) is 0 Å². The van der Waals surface area contributed by atoms with Crippen molar-refractivity contribution in [2.45, 2.75) is 19.1 Å². The number of nitrogens with zero attached hydrogens (tertiary/aromatic N) is 2. The number of hydrogen-bond acceptors (Lipinski definition) is 4. The Kier molecular flexibility index (Phi) is 6.10. The van der Waals surface area contributed by atoms with Gasteiger partial charge in [-0.15, -0.1) is 0 Å². The van der Waals surface area contributed by atoms with E-state index in [0.29, 0.717) is 31.9 Å². The number of H-pyrrole nitrogens is 1. The third-order valence-corrected chi connectivity index (χ3v) is 4.91. The van der Waals surface area contributed by atoms with Gasteiger partial charge in [0.1, 0.15) is 5.82 Å². The van der Waals surface area contributed by atoms with Gasteiger partial charge in [-0.2, -0.15) is 13.2 Å². The predicted octanol–water partition coefficient (Wildman–Crippen LogP) is 3.52. The first-order valence-corrected chi connectivity index (χ1v) is 8.93. The predicted molar refractivity (Wildman–Crippen MR) is 95.2 cm³/mol. The molecule has 0 bridgehead atoms. The number of aromatic nitrogens is 2. The summed E-state index contributed by atoms with van der Waals surface area (Å²) in [6.45, 7) is 2.23. The summed E-state index contributed by atoms with van der Waals surface area (Å²) in [5, 5.41) is 0.486. The highest BCUT2D eigenvalue weighted by atomic mass is 35.5. The van der Waals surface area contributed by atoms with Crippen molar-refractivity contribution >= 4 is 23.2 Å². The minimum absolute atomic E-state index is 0.0212. The number of nitrogens with one attached hydrogen (secondary N) is 1. The second-order valence-corrected chi connectivity index (χ2v) is 6.97. The molecule has 1 saturated heterocycles. The van der Waals surface area contributed by atoms with Crippen LogP contribution >= 0.6 is 23.2 Å². The maximum atomic E-state index is 13.5. The molecule has 1 N–H and O–H groups in total. The number of rotatable bonds is 4. The topological polar surface area (TPSA) is 58.2 Å². The molecule has 0 unspecified atom stereocenters. The van der Waals surface area contributed by atoms with Gasteiger partial charge in [0, 0.05) is 19.5 Å². The van der Waals surface area contributed by atoms with E-state index in [-0.39, 0.29) is 28.8 Å². The molecule has 2 heterocycles. The number of halogens is 5. The van der Waals surface area contributed by atoms with E-state index in [0.717, 1.165) is 0 Å². The van der Waals surface area contributed by atoms with Gasteiger partial charge in [0.2, 0.25) is 0 Å². The number of morpholine rings is 1. The fourth-order valence-corrected chi connectivity index (χ4v) is 3.16. The van der Waals surface area contributed by atoms with Crippen LogP contribution in [0.2, 0.25) is 10.0 Å². The summed E-state index contributed by atoms with van der Waals surface area (Å²) in [7, 11) is 0. The summed E-state index contributed by atoms with van der Waals surface area (Å²) in [5.41, 5.74) is -2.01. The van der Waals surface area contributed by atoms with Gasteiger partial charge in [0.15, 0.2) is 5.69 Å². The highest BCUT2D eigenvalue weighted by Gasteiger charge is 2.37. The Hall–Kier alpha value is -1.61. The van der Waals surface area contributed by atoms with Crippen LogP contribution in [0.5, 0.6) is 0 Å². The van der Waals surface area contributed by atoms with E-state index in [1.807, 2.05) is 4.90 Å². The summed E-state index contributed by atoms with van der Waals surface area (Å²) in [6, 6.07) is 4.43. The molecule has 2 aromatic rings. The lowest BCUT2D eigenvalue weighted by molar-refractivity contribution is -0.142. The van der Waals surface area contributed by atoms with E-state index < -0.39 is 23.0 Å². The number of alkyl halides is 3. The lowest BCUT2D eigenvalue weighted by Gasteiger charge is -2.26. The third-order valence-electron chi connectivity index (χ3n) is 4.18. The molecule has 27 heavy (non-hydrogen) atoms. The molecule has 5 nitrogen and oxygen atoms in total. The van der Waals surface area contributed by atoms with Crippen LogP contribution in [0.15, 0.2) is 23.0 Å². The second-order valence-electron chi connectivity index (χ2n) is 6.15. The first-order valence-electron chi connectivity index (χ1n) is 8.17. The summed E-state index contributed by atoms with van der Waals surface area (Å²) in [4.78, 5) is 20.5. The maximum Gasteiger partial charge on any atom is 0.433 e. The van der Waals surface area contributed by atoms with Crippen LogP contribution < -0.4 is 5.56 Å². The summed E-state index contributed by atoms with van der Waals surface area (Å²) in [6.07, 6.45) is -5.01. The Bertz CT molecular complexity index is 881. The van der Waals surface area contributed by atoms with Gasteiger partial charge in [-0.25, -0.2) is 4.98 Å². The van der Waals surface area contributed by atoms with E-state index in [9.17, 15) is 18.0 Å². The number of ether oxygens (including phenoxy) is 1. The van der Waals surface area contributed by atoms with Gasteiger partial charge in [0.25, 0.3) is 5.56 Å². The average molecular weight is 422 g/mol. The average Bonchev–Trinajstić information content (AvgIpc) is 2.60. The Morgan fingerprint density at radius 2 is 1.89 bits per heavy atom. The van der Waals surface area contributed by atoms with Gasteiger partial charge in [-0.1, -0.05) is 29.3 Å². The lowest BCUT2D eigenvalue weighted by Crippen LogP contribution is -2.37. The molecule has 1 aromatic heterocycles. The van der Waals surface area contributed by atoms with Gasteiger partial charge in [0.05, 0.1) is 35.4 Å². The van der Waals surface area contributed by atoms with Gasteiger partial charge in [-0.3, -0.25) is 9.69 Å². The van der Waals surface area contributed by atoms with Crippen LogP contribution in [0.25, 0.3) is 0 Å². The van der Waals surface area contributed by atoms with Crippen molar-refractivity contribution in [1.82, 2.24) is 14.9 Å². The van der Waals surface area contributed by atoms with Crippen LogP contribution in [0.4, 0.5) is 13.2 Å². The third kappa shape index (κ3) is 5.01. The maximum absolute atomic E-state index is 13.5. The summed E-state index contributed by atoms with van der Waals surface area (Å²) >= 11 is 11.7. The molecular formula is C17H16Cl2F3N3O2. The zero-order chi connectivity index (χ0) is 19.6. The number of benzene rings is 1. The van der Waals surface area contributed by atoms with Crippen molar-refractivity contribution < 1.29 is 17.9 Å². The molecule has 10 heteroatoms. The Morgan fingerprint density at radius 1 is 1.19 bits per heavy atom. The second kappa shape index (κ2) is 8.18. The fraction of sp³-hybridized carbons (Fsp3) is 0.412. The molecule has 0 spiro atoms. The Balaban J connectivity index is 1.94. The molecule has 1 aliphatic heterocycles. The Morgan fingerprint density at radius 3 is 2.52 bits per heavy atom. The van der Waals surface area contributed by atoms with Crippen LogP contribution in [0.3, 0.4) is 0 Å². The van der Waals surface area contributed by atoms with E-state index in [4.69, 9.17) is 27.9 Å². The fourth-order valence-electron chi connectivity index (χ4n) is 2.84. The molecule has 0 saturated carbocycles. The first-order chi connectivity index (χ1) is 12.7. The van der Waals surface area contributed by atoms with E-state index >= 15 is 0 Å². The smallest absolute Gasteiger partial charge is 0.379 e. The quantitative estimate of drug-likeness (QED) is 0.820. The SMILES string of the molecule is O=c1[nH]c(CN2CCOCC2)nc(C(F)(F)F)c1Cc1ccc(Cl)c(Cl)c1. The highest BCUT2D eigenvalue weighted by Crippen LogP contribution is 2.31. The zero-order valence-electron chi connectivity index (χ0n) is 14.1. The van der Waals surface area contributed by atoms with Crippen molar-refractivity contribution in [1.29, 1.82) is 0 Å². The monoisotopic (exact) mass is 421 g/mol. The molecule has 0 atom stereocenters. The highest BCUT2D eigenvalue weighted by molar-refractivity contribution is 6.42. The van der Waals surface area contributed by atoms with Gasteiger partial charge >= 0.3 is 6.18 Å². The number of aromatic amines is 1. The Labute approximate surface area is 163 Å². The zero-order valence-corrected chi connectivity index (χ0v) is 15.6. The van der Waals surface area contributed by atoms with Crippen LogP contribution in [0.1, 0.15) is 22.6 Å². The van der Waals surface area contributed by atoms with Crippen LogP contribution in [0, 0.1) is 0 Å². The van der Waals surface area contributed by atoms with Crippen molar-refractivity contribution in [3.8, 4) is 0 Å². The normalized spacial score (nSPS) is 15.9. The minimum Gasteiger partial charge on any atom is -0.379 e. The number of hydrogen-bond donors (Lipinski definition) is 1. The van der Waals surface area contributed by atoms with Crippen LogP contribution in [-0.2, 0) is 23.9 Å². The van der Waals surface area contributed by atoms with E-state index in [1.54, 1.807) is 0 Å². The molecule has 0 aliphatic carbocycles. The van der Waals surface area contributed by atoms with E-state index in [2.05, 4.69) is 9.97 Å². The molecule has 0 amide bonds. The van der Waals surface area contributed by atoms with Crippen molar-refractivity contribution in [2.24, 2.45) is 0 Å². The molecule has 0 radical (unpaired) electrons. The molecule has 3 rings (SSSR count). The first kappa shape index (κ1) is 20.1. The molecular weight excluding hydrogens is 406 g/mol. The standard InChI is InChI=1S/C17H16Cl2F3N3O2/c18-12-2-1-10(8-13(12)19)7-11-15(17(20,21)22)23-14(24-16(11)26)9-25-3-5-27-6-4-25/h1-2,8H,3-7,9H2,(H,23,24,26). The van der Waals surface area contributed by atoms with Crippen molar-refractivity contribution in [3.05, 3.63) is 61.2 Å². The van der Waals surface area contributed by atoms with Crippen LogP contribution in [-0.4, -0.2) is 41.2 Å². The molecule has 1 aromatic carbocycles. The molecule has 1 aliphatic rings. The summed E-state index contributed by atoms with van der Waals surface area (Å²) < 4.78 is 45.8.